The van der Waals surface area contributed by atoms with Crippen molar-refractivity contribution in [2.75, 3.05) is 0 Å². The van der Waals surface area contributed by atoms with Crippen LogP contribution < -0.4 is 5.30 Å². The van der Waals surface area contributed by atoms with Gasteiger partial charge >= 0.3 is 8.03 Å². The fourth-order valence-electron chi connectivity index (χ4n) is 2.07. The summed E-state index contributed by atoms with van der Waals surface area (Å²) in [5.41, 5.74) is 1.13. The molecule has 3 rings (SSSR count). The van der Waals surface area contributed by atoms with Gasteiger partial charge in [0, 0.05) is 11.5 Å². The van der Waals surface area contributed by atoms with E-state index >= 15 is 0 Å². The zero-order valence-electron chi connectivity index (χ0n) is 8.04. The van der Waals surface area contributed by atoms with Gasteiger partial charge in [0.25, 0.3) is 0 Å². The fourth-order valence-corrected chi connectivity index (χ4v) is 3.25. The molecule has 3 atom stereocenters. The number of hydrogen-bond donors (Lipinski definition) is 0. The third-order valence-corrected chi connectivity index (χ3v) is 4.03. The maximum Gasteiger partial charge on any atom is 0.549 e. The first-order chi connectivity index (χ1) is 7.36. The molecular weight excluding hydrogens is 207 g/mol. The van der Waals surface area contributed by atoms with E-state index in [0.717, 1.165) is 10.9 Å². The molecule has 74 valence electrons. The Morgan fingerprint density at radius 3 is 2.87 bits per heavy atom. The molecule has 3 unspecified atom stereocenters. The lowest BCUT2D eigenvalue weighted by Gasteiger charge is -2.23. The first-order valence-electron chi connectivity index (χ1n) is 4.94. The van der Waals surface area contributed by atoms with Crippen LogP contribution in [0.2, 0.25) is 0 Å². The van der Waals surface area contributed by atoms with Crippen LogP contribution in [-0.4, -0.2) is 6.10 Å². The van der Waals surface area contributed by atoms with Crippen LogP contribution in [0.4, 0.5) is 0 Å². The molecule has 2 nitrogen and oxygen atoms in total. The molecule has 0 saturated heterocycles. The Bertz CT molecular complexity index is 476. The molecule has 1 aliphatic heterocycles. The summed E-state index contributed by atoms with van der Waals surface area (Å²) in [6.07, 6.45) is 7.96. The Morgan fingerprint density at radius 1 is 1.13 bits per heavy atom. The van der Waals surface area contributed by atoms with Gasteiger partial charge in [-0.3, -0.25) is 0 Å². The molecule has 0 amide bonds. The molecule has 1 aliphatic carbocycles. The first kappa shape index (κ1) is 9.02. The number of allylic oxidation sites excluding steroid dienone is 2. The minimum atomic E-state index is -1.69. The summed E-state index contributed by atoms with van der Waals surface area (Å²) in [7, 11) is -1.69. The van der Waals surface area contributed by atoms with Gasteiger partial charge in [0.15, 0.2) is 0 Å². The summed E-state index contributed by atoms with van der Waals surface area (Å²) in [5.74, 6) is 0.221. The summed E-state index contributed by atoms with van der Waals surface area (Å²) < 4.78 is 17.3. The highest BCUT2D eigenvalue weighted by molar-refractivity contribution is 7.48. The Balaban J connectivity index is 2.16. The molecule has 0 spiro atoms. The highest BCUT2D eigenvalue weighted by Crippen LogP contribution is 2.41. The quantitative estimate of drug-likeness (QED) is 0.624. The van der Waals surface area contributed by atoms with Crippen LogP contribution in [0.15, 0.2) is 48.6 Å². The average molecular weight is 217 g/mol. The normalized spacial score (nSPS) is 29.7. The summed E-state index contributed by atoms with van der Waals surface area (Å²) in [4.78, 5) is 0. The van der Waals surface area contributed by atoms with Crippen molar-refractivity contribution in [1.82, 2.24) is 0 Å². The van der Waals surface area contributed by atoms with Crippen molar-refractivity contribution >= 4 is 13.3 Å². The van der Waals surface area contributed by atoms with E-state index in [0.29, 0.717) is 0 Å². The van der Waals surface area contributed by atoms with Crippen molar-refractivity contribution in [2.45, 2.75) is 12.0 Å². The van der Waals surface area contributed by atoms with Gasteiger partial charge in [-0.15, -0.1) is 4.52 Å². The molecule has 1 heterocycles. The van der Waals surface area contributed by atoms with Crippen molar-refractivity contribution in [3.05, 3.63) is 54.1 Å². The Labute approximate surface area is 89.1 Å². The molecule has 0 bridgehead atoms. The Kier molecular flexibility index (Phi) is 2.05. The molecule has 0 radical (unpaired) electrons. The zero-order chi connectivity index (χ0) is 10.3. The average Bonchev–Trinajstić information content (AvgIpc) is 2.30. The van der Waals surface area contributed by atoms with Gasteiger partial charge in [-0.2, -0.15) is 0 Å². The van der Waals surface area contributed by atoms with Crippen molar-refractivity contribution < 1.29 is 9.09 Å². The molecule has 1 aromatic rings. The number of rotatable bonds is 0. The topological polar surface area (TPSA) is 26.3 Å². The third kappa shape index (κ3) is 1.38. The van der Waals surface area contributed by atoms with E-state index in [1.54, 1.807) is 0 Å². The van der Waals surface area contributed by atoms with Gasteiger partial charge in [0.2, 0.25) is 5.30 Å². The standard InChI is InChI=1S/C12H10O2P/c13-15-12-8-4-2-6-10(12)9-5-1-3-7-11(9)14-15/h1-9,11H/q+1. The largest absolute Gasteiger partial charge is 0.549 e. The molecular formula is C12H10O2P+. The van der Waals surface area contributed by atoms with E-state index in [2.05, 4.69) is 6.08 Å². The SMILES string of the molecule is O=[P+]1OC2C=CC=CC2c2ccccc21. The molecule has 0 N–H and O–H groups in total. The van der Waals surface area contributed by atoms with Crippen LogP contribution in [-0.2, 0) is 9.09 Å². The second-order valence-corrected chi connectivity index (χ2v) is 4.89. The van der Waals surface area contributed by atoms with Gasteiger partial charge < -0.3 is 0 Å². The molecule has 2 aliphatic rings. The van der Waals surface area contributed by atoms with Crippen LogP contribution in [0.5, 0.6) is 0 Å². The summed E-state index contributed by atoms with van der Waals surface area (Å²) in [6, 6.07) is 7.80. The predicted molar refractivity (Wildman–Crippen MR) is 59.6 cm³/mol. The minimum Gasteiger partial charge on any atom is -0.133 e. The summed E-state index contributed by atoms with van der Waals surface area (Å²) in [6.45, 7) is 0. The lowest BCUT2D eigenvalue weighted by atomic mass is 9.90. The molecule has 0 fully saturated rings. The van der Waals surface area contributed by atoms with Gasteiger partial charge in [0.05, 0.1) is 0 Å². The molecule has 3 heteroatoms. The van der Waals surface area contributed by atoms with Crippen molar-refractivity contribution in [3.8, 4) is 0 Å². The lowest BCUT2D eigenvalue weighted by molar-refractivity contribution is 0.243. The molecule has 0 aromatic heterocycles. The van der Waals surface area contributed by atoms with Crippen molar-refractivity contribution in [1.29, 1.82) is 0 Å². The van der Waals surface area contributed by atoms with E-state index in [4.69, 9.17) is 4.52 Å². The maximum atomic E-state index is 11.8. The Morgan fingerprint density at radius 2 is 1.93 bits per heavy atom. The fraction of sp³-hybridized carbons (Fsp3) is 0.167. The highest BCUT2D eigenvalue weighted by Gasteiger charge is 2.41. The number of hydrogen-bond acceptors (Lipinski definition) is 2. The lowest BCUT2D eigenvalue weighted by Crippen LogP contribution is -2.28. The van der Waals surface area contributed by atoms with E-state index in [-0.39, 0.29) is 12.0 Å². The highest BCUT2D eigenvalue weighted by atomic mass is 31.1. The van der Waals surface area contributed by atoms with Crippen LogP contribution in [0.3, 0.4) is 0 Å². The van der Waals surface area contributed by atoms with Crippen LogP contribution in [0, 0.1) is 0 Å². The van der Waals surface area contributed by atoms with E-state index in [9.17, 15) is 4.57 Å². The minimum absolute atomic E-state index is 0.0616. The van der Waals surface area contributed by atoms with Crippen LogP contribution in [0.25, 0.3) is 0 Å². The van der Waals surface area contributed by atoms with Crippen LogP contribution >= 0.6 is 8.03 Å². The summed E-state index contributed by atoms with van der Waals surface area (Å²) in [5, 5.41) is 0.841. The first-order valence-corrected chi connectivity index (χ1v) is 6.12. The monoisotopic (exact) mass is 217 g/mol. The van der Waals surface area contributed by atoms with Crippen molar-refractivity contribution in [3.63, 3.8) is 0 Å². The predicted octanol–water partition coefficient (Wildman–Crippen LogP) is 2.66. The van der Waals surface area contributed by atoms with Gasteiger partial charge in [-0.05, 0) is 16.7 Å². The van der Waals surface area contributed by atoms with Gasteiger partial charge in [-0.1, -0.05) is 36.4 Å². The second kappa shape index (κ2) is 3.41. The maximum absolute atomic E-state index is 11.8. The molecule has 0 saturated carbocycles. The Hall–Kier alpha value is -1.24. The number of fused-ring (bicyclic) bond motifs is 3. The smallest absolute Gasteiger partial charge is 0.133 e. The van der Waals surface area contributed by atoms with Crippen molar-refractivity contribution in [2.24, 2.45) is 0 Å². The van der Waals surface area contributed by atoms with Gasteiger partial charge in [-0.25, -0.2) is 0 Å². The zero-order valence-corrected chi connectivity index (χ0v) is 8.93. The molecule has 15 heavy (non-hydrogen) atoms. The van der Waals surface area contributed by atoms with E-state index in [1.807, 2.05) is 42.5 Å². The molecule has 1 aromatic carbocycles. The van der Waals surface area contributed by atoms with Gasteiger partial charge in [0.1, 0.15) is 6.10 Å². The summed E-state index contributed by atoms with van der Waals surface area (Å²) >= 11 is 0. The van der Waals surface area contributed by atoms with Crippen LogP contribution in [0.1, 0.15) is 11.5 Å². The second-order valence-electron chi connectivity index (χ2n) is 3.68. The third-order valence-electron chi connectivity index (χ3n) is 2.79. The number of benzene rings is 1. The van der Waals surface area contributed by atoms with E-state index in [1.165, 1.54) is 0 Å². The van der Waals surface area contributed by atoms with E-state index < -0.39 is 8.03 Å².